The normalized spacial score (nSPS) is 19.9. The number of likely N-dealkylation sites (tertiary alicyclic amines) is 1. The van der Waals surface area contributed by atoms with Crippen LogP contribution in [-0.4, -0.2) is 39.4 Å². The van der Waals surface area contributed by atoms with Gasteiger partial charge in [-0.25, -0.2) is 4.98 Å². The fraction of sp³-hybridized carbons (Fsp3) is 0.476. The van der Waals surface area contributed by atoms with E-state index in [1.807, 2.05) is 55.3 Å². The van der Waals surface area contributed by atoms with E-state index in [0.29, 0.717) is 25.9 Å². The fourth-order valence-corrected chi connectivity index (χ4v) is 3.89. The molecule has 2 atom stereocenters. The van der Waals surface area contributed by atoms with Crippen LogP contribution < -0.4 is 5.32 Å². The molecule has 0 radical (unpaired) electrons. The number of carbonyl (C=O) groups excluding carboxylic acids is 2. The van der Waals surface area contributed by atoms with Gasteiger partial charge in [0.05, 0.1) is 12.0 Å². The predicted molar refractivity (Wildman–Crippen MR) is 104 cm³/mol. The third kappa shape index (κ3) is 4.38. The highest BCUT2D eigenvalue weighted by Crippen LogP contribution is 2.36. The first kappa shape index (κ1) is 19.1. The second-order valence-corrected chi connectivity index (χ2v) is 6.99. The molecule has 0 bridgehead atoms. The van der Waals surface area contributed by atoms with Crippen molar-refractivity contribution in [3.05, 3.63) is 54.1 Å². The number of nitrogens with zero attached hydrogens (tertiary/aromatic N) is 3. The largest absolute Gasteiger partial charge is 0.356 e. The molecule has 1 N–H and O–H groups in total. The number of carbonyl (C=O) groups is 2. The van der Waals surface area contributed by atoms with E-state index in [1.165, 1.54) is 0 Å². The van der Waals surface area contributed by atoms with Crippen LogP contribution in [0.15, 0.2) is 42.7 Å². The molecule has 0 spiro atoms. The Kier molecular flexibility index (Phi) is 6.27. The van der Waals surface area contributed by atoms with Gasteiger partial charge in [-0.15, -0.1) is 0 Å². The van der Waals surface area contributed by atoms with Crippen molar-refractivity contribution < 1.29 is 9.59 Å². The second kappa shape index (κ2) is 8.84. The molecule has 1 aliphatic rings. The minimum Gasteiger partial charge on any atom is -0.356 e. The summed E-state index contributed by atoms with van der Waals surface area (Å²) in [7, 11) is 0. The number of imidazole rings is 1. The summed E-state index contributed by atoms with van der Waals surface area (Å²) < 4.78 is 2.08. The maximum atomic E-state index is 12.9. The molecule has 1 aliphatic heterocycles. The predicted octanol–water partition coefficient (Wildman–Crippen LogP) is 2.70. The summed E-state index contributed by atoms with van der Waals surface area (Å²) in [5.41, 5.74) is 1.03. The molecule has 1 saturated heterocycles. The van der Waals surface area contributed by atoms with E-state index >= 15 is 0 Å². The lowest BCUT2D eigenvalue weighted by Crippen LogP contribution is -2.48. The van der Waals surface area contributed by atoms with Crippen LogP contribution in [0.5, 0.6) is 0 Å². The van der Waals surface area contributed by atoms with Gasteiger partial charge in [0.25, 0.3) is 0 Å². The third-order valence-electron chi connectivity index (χ3n) is 5.32. The minimum atomic E-state index is -0.208. The smallest absolute Gasteiger partial charge is 0.225 e. The Morgan fingerprint density at radius 2 is 2.07 bits per heavy atom. The molecule has 1 fully saturated rings. The van der Waals surface area contributed by atoms with Crippen molar-refractivity contribution in [3.8, 4) is 0 Å². The Hall–Kier alpha value is -2.63. The van der Waals surface area contributed by atoms with Crippen molar-refractivity contribution in [1.82, 2.24) is 19.8 Å². The van der Waals surface area contributed by atoms with Gasteiger partial charge in [0.15, 0.2) is 0 Å². The lowest BCUT2D eigenvalue weighted by Gasteiger charge is -2.40. The minimum absolute atomic E-state index is 0.0390. The van der Waals surface area contributed by atoms with Crippen LogP contribution in [0.4, 0.5) is 0 Å². The number of aryl methyl sites for hydroxylation is 2. The molecule has 2 aromatic rings. The monoisotopic (exact) mass is 368 g/mol. The van der Waals surface area contributed by atoms with Crippen LogP contribution >= 0.6 is 0 Å². The summed E-state index contributed by atoms with van der Waals surface area (Å²) in [6.45, 7) is 6.01. The number of piperidine rings is 1. The number of amides is 2. The summed E-state index contributed by atoms with van der Waals surface area (Å²) in [4.78, 5) is 31.4. The van der Waals surface area contributed by atoms with E-state index < -0.39 is 0 Å². The van der Waals surface area contributed by atoms with Gasteiger partial charge < -0.3 is 14.8 Å². The number of hydrogen-bond acceptors (Lipinski definition) is 3. The molecule has 3 rings (SSSR count). The van der Waals surface area contributed by atoms with Crippen molar-refractivity contribution in [2.45, 2.75) is 45.7 Å². The van der Waals surface area contributed by atoms with E-state index in [2.05, 4.69) is 14.9 Å². The Bertz CT molecular complexity index is 771. The third-order valence-corrected chi connectivity index (χ3v) is 5.32. The molecule has 144 valence electrons. The van der Waals surface area contributed by atoms with Crippen molar-refractivity contribution in [2.24, 2.45) is 5.92 Å². The Labute approximate surface area is 160 Å². The van der Waals surface area contributed by atoms with Crippen LogP contribution in [0, 0.1) is 12.8 Å². The topological polar surface area (TPSA) is 67.2 Å². The average Bonchev–Trinajstić information content (AvgIpc) is 3.10. The molecule has 6 heteroatoms. The standard InChI is InChI=1S/C21H28N4O2/c1-3-25-19(26)11-10-18(20(25)17-8-5-4-6-9-17)21(27)23-12-7-14-24-15-13-22-16(24)2/h4-6,8-9,13,15,18,20H,3,7,10-12,14H2,1-2H3,(H,23,27)/t18-,20+/m1/s1. The molecule has 1 aromatic carbocycles. The zero-order valence-electron chi connectivity index (χ0n) is 16.1. The van der Waals surface area contributed by atoms with Gasteiger partial charge in [-0.2, -0.15) is 0 Å². The summed E-state index contributed by atoms with van der Waals surface area (Å²) in [5.74, 6) is 0.943. The Morgan fingerprint density at radius 1 is 1.30 bits per heavy atom. The molecule has 2 amide bonds. The van der Waals surface area contributed by atoms with E-state index in [4.69, 9.17) is 0 Å². The van der Waals surface area contributed by atoms with Crippen molar-refractivity contribution in [1.29, 1.82) is 0 Å². The number of aromatic nitrogens is 2. The van der Waals surface area contributed by atoms with Gasteiger partial charge in [0.2, 0.25) is 11.8 Å². The van der Waals surface area contributed by atoms with Gasteiger partial charge in [-0.1, -0.05) is 30.3 Å². The van der Waals surface area contributed by atoms with Crippen LogP contribution in [-0.2, 0) is 16.1 Å². The fourth-order valence-electron chi connectivity index (χ4n) is 3.89. The van der Waals surface area contributed by atoms with E-state index in [1.54, 1.807) is 6.20 Å². The van der Waals surface area contributed by atoms with Crippen LogP contribution in [0.1, 0.15) is 43.6 Å². The summed E-state index contributed by atoms with van der Waals surface area (Å²) >= 11 is 0. The molecule has 0 saturated carbocycles. The number of benzene rings is 1. The lowest BCUT2D eigenvalue weighted by molar-refractivity contribution is -0.143. The molecule has 6 nitrogen and oxygen atoms in total. The van der Waals surface area contributed by atoms with Gasteiger partial charge in [0.1, 0.15) is 5.82 Å². The lowest BCUT2D eigenvalue weighted by atomic mass is 9.83. The van der Waals surface area contributed by atoms with Crippen molar-refractivity contribution in [2.75, 3.05) is 13.1 Å². The van der Waals surface area contributed by atoms with Gasteiger partial charge in [0, 0.05) is 38.4 Å². The number of nitrogens with one attached hydrogen (secondary N) is 1. The van der Waals surface area contributed by atoms with E-state index in [0.717, 1.165) is 24.4 Å². The average molecular weight is 368 g/mol. The summed E-state index contributed by atoms with van der Waals surface area (Å²) in [6.07, 6.45) is 5.62. The maximum absolute atomic E-state index is 12.9. The highest BCUT2D eigenvalue weighted by Gasteiger charge is 2.39. The molecule has 0 aliphatic carbocycles. The van der Waals surface area contributed by atoms with Crippen molar-refractivity contribution in [3.63, 3.8) is 0 Å². The second-order valence-electron chi connectivity index (χ2n) is 6.99. The van der Waals surface area contributed by atoms with Crippen molar-refractivity contribution >= 4 is 11.8 Å². The molecule has 1 aromatic heterocycles. The van der Waals surface area contributed by atoms with Gasteiger partial charge in [-0.05, 0) is 32.3 Å². The zero-order valence-corrected chi connectivity index (χ0v) is 16.1. The van der Waals surface area contributed by atoms with Gasteiger partial charge in [-0.3, -0.25) is 9.59 Å². The zero-order chi connectivity index (χ0) is 19.2. The van der Waals surface area contributed by atoms with Crippen LogP contribution in [0.25, 0.3) is 0 Å². The molecule has 27 heavy (non-hydrogen) atoms. The Balaban J connectivity index is 1.64. The summed E-state index contributed by atoms with van der Waals surface area (Å²) in [6, 6.07) is 9.71. The highest BCUT2D eigenvalue weighted by molar-refractivity contribution is 5.85. The first-order valence-electron chi connectivity index (χ1n) is 9.71. The molecule has 2 heterocycles. The SMILES string of the molecule is CCN1C(=O)CC[C@@H](C(=O)NCCCn2ccnc2C)[C@@H]1c1ccccc1. The van der Waals surface area contributed by atoms with Crippen LogP contribution in [0.3, 0.4) is 0 Å². The van der Waals surface area contributed by atoms with Gasteiger partial charge >= 0.3 is 0 Å². The summed E-state index contributed by atoms with van der Waals surface area (Å²) in [5, 5.41) is 3.08. The van der Waals surface area contributed by atoms with Crippen LogP contribution in [0.2, 0.25) is 0 Å². The number of rotatable bonds is 7. The number of hydrogen-bond donors (Lipinski definition) is 1. The first-order valence-corrected chi connectivity index (χ1v) is 9.71. The molecular formula is C21H28N4O2. The first-order chi connectivity index (χ1) is 13.1. The maximum Gasteiger partial charge on any atom is 0.225 e. The Morgan fingerprint density at radius 3 is 2.74 bits per heavy atom. The van der Waals surface area contributed by atoms with E-state index in [-0.39, 0.29) is 23.8 Å². The quantitative estimate of drug-likeness (QED) is 0.764. The molecular weight excluding hydrogens is 340 g/mol. The molecule has 0 unspecified atom stereocenters. The van der Waals surface area contributed by atoms with E-state index in [9.17, 15) is 9.59 Å². The highest BCUT2D eigenvalue weighted by atomic mass is 16.2.